The number of halogens is 1. The maximum Gasteiger partial charge on any atom is 0.307 e. The van der Waals surface area contributed by atoms with Crippen molar-refractivity contribution in [3.05, 3.63) is 28.4 Å². The molecule has 24 heavy (non-hydrogen) atoms. The zero-order valence-corrected chi connectivity index (χ0v) is 14.8. The Hall–Kier alpha value is -1.66. The summed E-state index contributed by atoms with van der Waals surface area (Å²) in [5, 5.41) is 19.6. The van der Waals surface area contributed by atoms with Crippen LogP contribution in [-0.2, 0) is 11.2 Å². The van der Waals surface area contributed by atoms with Gasteiger partial charge < -0.3 is 10.2 Å². The number of aromatic hydroxyl groups is 1. The number of phenolic OH excluding ortho intramolecular Hbond substituents is 1. The smallest absolute Gasteiger partial charge is 0.307 e. The van der Waals surface area contributed by atoms with Crippen molar-refractivity contribution in [3.8, 4) is 5.75 Å². The summed E-state index contributed by atoms with van der Waals surface area (Å²) in [5.74, 6) is 0.714. The van der Waals surface area contributed by atoms with Gasteiger partial charge in [-0.25, -0.2) is 0 Å². The van der Waals surface area contributed by atoms with Gasteiger partial charge in [0.05, 0.1) is 17.0 Å². The molecule has 1 aromatic heterocycles. The van der Waals surface area contributed by atoms with E-state index in [0.717, 1.165) is 24.3 Å². The summed E-state index contributed by atoms with van der Waals surface area (Å²) >= 11 is 8.06. The van der Waals surface area contributed by atoms with Gasteiger partial charge in [-0.1, -0.05) is 11.6 Å². The zero-order chi connectivity index (χ0) is 17.4. The van der Waals surface area contributed by atoms with Crippen LogP contribution < -0.4 is 0 Å². The Balaban J connectivity index is 2.20. The number of rotatable bonds is 3. The van der Waals surface area contributed by atoms with Crippen molar-refractivity contribution in [1.82, 2.24) is 4.57 Å². The average Bonchev–Trinajstić information content (AvgIpc) is 2.83. The summed E-state index contributed by atoms with van der Waals surface area (Å²) in [4.78, 5) is 24.3. The second-order valence-corrected chi connectivity index (χ2v) is 7.59. The van der Waals surface area contributed by atoms with Crippen LogP contribution in [-0.4, -0.2) is 38.2 Å². The Bertz CT molecular complexity index is 824. The van der Waals surface area contributed by atoms with Crippen LogP contribution in [0.1, 0.15) is 28.9 Å². The van der Waals surface area contributed by atoms with Gasteiger partial charge in [-0.05, 0) is 49.0 Å². The Labute approximate surface area is 148 Å². The van der Waals surface area contributed by atoms with Gasteiger partial charge in [-0.15, -0.1) is 0 Å². The number of carboxylic acids is 1. The molecule has 0 unspecified atom stereocenters. The van der Waals surface area contributed by atoms with Crippen LogP contribution >= 0.6 is 23.4 Å². The van der Waals surface area contributed by atoms with E-state index < -0.39 is 5.97 Å². The molecule has 0 radical (unpaired) electrons. The Kier molecular flexibility index (Phi) is 4.78. The van der Waals surface area contributed by atoms with Gasteiger partial charge in [0.1, 0.15) is 5.75 Å². The second kappa shape index (κ2) is 6.69. The molecule has 7 heteroatoms. The predicted octanol–water partition coefficient (Wildman–Crippen LogP) is 3.72. The molecule has 0 aliphatic carbocycles. The fourth-order valence-electron chi connectivity index (χ4n) is 3.30. The van der Waals surface area contributed by atoms with E-state index >= 15 is 0 Å². The lowest BCUT2D eigenvalue weighted by atomic mass is 10.0. The topological polar surface area (TPSA) is 79.5 Å². The molecule has 1 fully saturated rings. The van der Waals surface area contributed by atoms with Gasteiger partial charge in [0.25, 0.3) is 0 Å². The zero-order valence-electron chi connectivity index (χ0n) is 13.2. The molecule has 1 aliphatic rings. The molecule has 0 spiro atoms. The van der Waals surface area contributed by atoms with Crippen LogP contribution in [0.3, 0.4) is 0 Å². The maximum absolute atomic E-state index is 13.0. The highest BCUT2D eigenvalue weighted by molar-refractivity contribution is 7.99. The Morgan fingerprint density at radius 1 is 1.33 bits per heavy atom. The molecule has 0 amide bonds. The molecule has 2 heterocycles. The van der Waals surface area contributed by atoms with Crippen LogP contribution in [0.15, 0.2) is 12.1 Å². The number of thioether (sulfide) groups is 1. The lowest BCUT2D eigenvalue weighted by molar-refractivity contribution is -0.136. The molecular formula is C17H18ClNO4S. The molecule has 0 saturated carbocycles. The molecule has 1 saturated heterocycles. The average molecular weight is 368 g/mol. The number of hydrogen-bond donors (Lipinski definition) is 2. The first-order valence-corrected chi connectivity index (χ1v) is 9.30. The molecule has 2 aromatic rings. The van der Waals surface area contributed by atoms with E-state index in [9.17, 15) is 19.8 Å². The van der Waals surface area contributed by atoms with E-state index in [0.29, 0.717) is 22.2 Å². The summed E-state index contributed by atoms with van der Waals surface area (Å²) in [5.41, 5.74) is 1.63. The maximum atomic E-state index is 13.0. The molecule has 128 valence electrons. The third-order valence-corrected chi connectivity index (χ3v) is 5.96. The summed E-state index contributed by atoms with van der Waals surface area (Å²) in [6.07, 6.45) is 1.40. The largest absolute Gasteiger partial charge is 0.506 e. The van der Waals surface area contributed by atoms with Gasteiger partial charge in [0.2, 0.25) is 5.91 Å². The van der Waals surface area contributed by atoms with Gasteiger partial charge >= 0.3 is 5.97 Å². The number of carboxylic acid groups (broad SMARTS) is 1. The number of phenols is 1. The number of fused-ring (bicyclic) bond motifs is 1. The van der Waals surface area contributed by atoms with Crippen LogP contribution in [0.4, 0.5) is 0 Å². The first-order valence-electron chi connectivity index (χ1n) is 7.77. The number of aromatic nitrogens is 1. The van der Waals surface area contributed by atoms with E-state index in [1.54, 1.807) is 17.6 Å². The van der Waals surface area contributed by atoms with Crippen molar-refractivity contribution in [2.45, 2.75) is 26.2 Å². The quantitative estimate of drug-likeness (QED) is 0.864. The standard InChI is InChI=1S/C17H18ClNO4S/c1-9-11(8-14(21)22)15-12(2-3-13(20)16(15)18)19(9)17(23)10-4-6-24-7-5-10/h2-3,10,20H,4-8H2,1H3,(H,21,22). The van der Waals surface area contributed by atoms with E-state index in [1.165, 1.54) is 6.07 Å². The molecule has 1 aromatic carbocycles. The molecule has 2 N–H and O–H groups in total. The number of benzene rings is 1. The van der Waals surface area contributed by atoms with E-state index in [1.807, 2.05) is 11.8 Å². The SMILES string of the molecule is Cc1c(CC(=O)O)c2c(Cl)c(O)ccc2n1C(=O)C1CCSCC1. The molecule has 0 bridgehead atoms. The number of aliphatic carboxylic acids is 1. The minimum atomic E-state index is -1.00. The number of nitrogens with zero attached hydrogens (tertiary/aromatic N) is 1. The monoisotopic (exact) mass is 367 g/mol. The Morgan fingerprint density at radius 2 is 2.00 bits per heavy atom. The predicted molar refractivity (Wildman–Crippen MR) is 95.4 cm³/mol. The lowest BCUT2D eigenvalue weighted by Crippen LogP contribution is -2.26. The fraction of sp³-hybridized carbons (Fsp3) is 0.412. The van der Waals surface area contributed by atoms with Gasteiger partial charge in [0, 0.05) is 17.0 Å². The number of carbonyl (C=O) groups excluding carboxylic acids is 1. The summed E-state index contributed by atoms with van der Waals surface area (Å²) < 4.78 is 1.58. The summed E-state index contributed by atoms with van der Waals surface area (Å²) in [7, 11) is 0. The van der Waals surface area contributed by atoms with Crippen molar-refractivity contribution in [2.24, 2.45) is 5.92 Å². The normalized spacial score (nSPS) is 15.8. The van der Waals surface area contributed by atoms with Crippen LogP contribution in [0, 0.1) is 12.8 Å². The highest BCUT2D eigenvalue weighted by Crippen LogP contribution is 2.38. The van der Waals surface area contributed by atoms with Gasteiger partial charge in [-0.2, -0.15) is 11.8 Å². The minimum Gasteiger partial charge on any atom is -0.506 e. The van der Waals surface area contributed by atoms with Gasteiger partial charge in [-0.3, -0.25) is 14.2 Å². The van der Waals surface area contributed by atoms with E-state index in [2.05, 4.69) is 0 Å². The molecule has 3 rings (SSSR count). The third kappa shape index (κ3) is 2.89. The summed E-state index contributed by atoms with van der Waals surface area (Å²) in [6.45, 7) is 1.74. The summed E-state index contributed by atoms with van der Waals surface area (Å²) in [6, 6.07) is 3.07. The van der Waals surface area contributed by atoms with Crippen molar-refractivity contribution in [1.29, 1.82) is 0 Å². The number of carbonyl (C=O) groups is 2. The van der Waals surface area contributed by atoms with Gasteiger partial charge in [0.15, 0.2) is 0 Å². The van der Waals surface area contributed by atoms with Crippen LogP contribution in [0.25, 0.3) is 10.9 Å². The first kappa shape index (κ1) is 17.2. The number of hydrogen-bond acceptors (Lipinski definition) is 4. The Morgan fingerprint density at radius 3 is 2.62 bits per heavy atom. The lowest BCUT2D eigenvalue weighted by Gasteiger charge is -2.21. The van der Waals surface area contributed by atoms with E-state index in [4.69, 9.17) is 11.6 Å². The second-order valence-electron chi connectivity index (χ2n) is 5.99. The van der Waals surface area contributed by atoms with Crippen LogP contribution in [0.2, 0.25) is 5.02 Å². The molecular weight excluding hydrogens is 350 g/mol. The van der Waals surface area contributed by atoms with E-state index in [-0.39, 0.29) is 29.0 Å². The highest BCUT2D eigenvalue weighted by Gasteiger charge is 2.28. The van der Waals surface area contributed by atoms with Crippen molar-refractivity contribution >= 4 is 46.1 Å². The minimum absolute atomic E-state index is 0.0174. The van der Waals surface area contributed by atoms with Crippen molar-refractivity contribution in [3.63, 3.8) is 0 Å². The third-order valence-electron chi connectivity index (χ3n) is 4.53. The van der Waals surface area contributed by atoms with Crippen LogP contribution in [0.5, 0.6) is 5.75 Å². The highest BCUT2D eigenvalue weighted by atomic mass is 35.5. The van der Waals surface area contributed by atoms with Crippen molar-refractivity contribution in [2.75, 3.05) is 11.5 Å². The molecule has 5 nitrogen and oxygen atoms in total. The first-order chi connectivity index (χ1) is 11.4. The fourth-order valence-corrected chi connectivity index (χ4v) is 4.68. The molecule has 0 atom stereocenters. The van der Waals surface area contributed by atoms with Crippen molar-refractivity contribution < 1.29 is 19.8 Å². The molecule has 1 aliphatic heterocycles.